The van der Waals surface area contributed by atoms with E-state index in [1.165, 1.54) is 21.2 Å². The molecular weight excluding hydrogens is 552 g/mol. The van der Waals surface area contributed by atoms with Crippen molar-refractivity contribution in [3.8, 4) is 0 Å². The van der Waals surface area contributed by atoms with Crippen LogP contribution in [0.15, 0.2) is 121 Å². The molecule has 5 heteroatoms. The topological polar surface area (TPSA) is 0 Å². The Balaban J connectivity index is 1.34. The Hall–Kier alpha value is -1.19. The molecule has 0 spiro atoms. The molecule has 0 aliphatic heterocycles. The third-order valence-electron chi connectivity index (χ3n) is 5.72. The van der Waals surface area contributed by atoms with E-state index in [0.717, 1.165) is 35.9 Å². The van der Waals surface area contributed by atoms with Crippen molar-refractivity contribution in [3.63, 3.8) is 0 Å². The molecule has 0 saturated carbocycles. The molecule has 4 aromatic rings. The molecule has 0 fully saturated rings. The molecule has 0 radical (unpaired) electrons. The molecule has 0 atom stereocenters. The Morgan fingerprint density at radius 2 is 0.686 bits per heavy atom. The van der Waals surface area contributed by atoms with Crippen LogP contribution in [0.1, 0.15) is 12.8 Å². The zero-order chi connectivity index (χ0) is 24.3. The van der Waals surface area contributed by atoms with Gasteiger partial charge >= 0.3 is 225 Å². The summed E-state index contributed by atoms with van der Waals surface area (Å²) in [6.07, 6.45) is 4.38. The van der Waals surface area contributed by atoms with Crippen molar-refractivity contribution in [2.45, 2.75) is 23.6 Å². The molecule has 4 rings (SSSR count). The summed E-state index contributed by atoms with van der Waals surface area (Å²) in [7, 11) is 11.4. The van der Waals surface area contributed by atoms with E-state index in [2.05, 4.69) is 121 Å². The van der Waals surface area contributed by atoms with Crippen LogP contribution in [0, 0.1) is 0 Å². The minimum absolute atomic E-state index is 0.387. The molecule has 0 amide bonds. The fraction of sp³-hybridized carbons (Fsp3) is 0.200. The van der Waals surface area contributed by atoms with Gasteiger partial charge in [-0.25, -0.2) is 0 Å². The molecule has 0 nitrogen and oxygen atoms in total. The molecular formula is C30H32Cl2NiP2. The van der Waals surface area contributed by atoms with Gasteiger partial charge in [-0.2, -0.15) is 0 Å². The van der Waals surface area contributed by atoms with Gasteiger partial charge in [0.05, 0.1) is 0 Å². The SMILES string of the molecule is [Cl][Ni]([Cl])([CH2]CCP(c1ccccc1)c1ccccc1)[CH2]CCP(c1ccccc1)c1ccccc1. The van der Waals surface area contributed by atoms with E-state index >= 15 is 0 Å². The molecule has 0 heterocycles. The van der Waals surface area contributed by atoms with E-state index in [9.17, 15) is 0 Å². The Morgan fingerprint density at radius 3 is 0.943 bits per heavy atom. The summed E-state index contributed by atoms with van der Waals surface area (Å²) in [6, 6.07) is 43.6. The molecule has 186 valence electrons. The third-order valence-corrected chi connectivity index (χ3v) is 15.0. The Labute approximate surface area is 224 Å². The number of benzene rings is 4. The number of hydrogen-bond acceptors (Lipinski definition) is 0. The fourth-order valence-electron chi connectivity index (χ4n) is 4.07. The summed E-state index contributed by atoms with van der Waals surface area (Å²) >= 11 is 0. The van der Waals surface area contributed by atoms with Gasteiger partial charge in [-0.3, -0.25) is 0 Å². The first-order valence-electron chi connectivity index (χ1n) is 11.9. The molecule has 0 bridgehead atoms. The van der Waals surface area contributed by atoms with Crippen LogP contribution in [0.3, 0.4) is 0 Å². The van der Waals surface area contributed by atoms with Gasteiger partial charge in [0.1, 0.15) is 0 Å². The number of rotatable bonds is 12. The van der Waals surface area contributed by atoms with E-state index < -0.39 is 10.6 Å². The van der Waals surface area contributed by atoms with Crippen molar-refractivity contribution in [2.24, 2.45) is 0 Å². The summed E-state index contributed by atoms with van der Waals surface area (Å²) in [6.45, 7) is 0. The summed E-state index contributed by atoms with van der Waals surface area (Å²) in [4.78, 5) is 0. The number of hydrogen-bond donors (Lipinski definition) is 0. The maximum atomic E-state index is 6.96. The normalized spacial score (nSPS) is 12.2. The van der Waals surface area contributed by atoms with Crippen LogP contribution >= 0.6 is 36.2 Å². The van der Waals surface area contributed by atoms with Gasteiger partial charge in [-0.15, -0.1) is 0 Å². The van der Waals surface area contributed by atoms with Crippen molar-refractivity contribution in [1.82, 2.24) is 0 Å². The van der Waals surface area contributed by atoms with Crippen LogP contribution in [-0.2, 0) is 10.6 Å². The Morgan fingerprint density at radius 1 is 0.429 bits per heavy atom. The first-order chi connectivity index (χ1) is 17.1. The summed E-state index contributed by atoms with van der Waals surface area (Å²) in [5, 5.41) is 7.54. The summed E-state index contributed by atoms with van der Waals surface area (Å²) < 4.78 is 0. The first kappa shape index (κ1) is 26.9. The van der Waals surface area contributed by atoms with Gasteiger partial charge in [0.2, 0.25) is 0 Å². The average molecular weight is 584 g/mol. The zero-order valence-corrected chi connectivity index (χ0v) is 24.0. The Kier molecular flexibility index (Phi) is 10.7. The molecule has 4 aromatic carbocycles. The van der Waals surface area contributed by atoms with E-state index in [-0.39, 0.29) is 15.8 Å². The van der Waals surface area contributed by atoms with Crippen LogP contribution in [0.5, 0.6) is 0 Å². The standard InChI is InChI=1S/2C15H16P.2ClH.Ni/c2*1-2-13-16(14-9-5-3-6-10-14)15-11-7-4-8-12-15;;;/h2*3-12H,1-2,13H2;2*1H;/q;;;;+2/p-2. The Bertz CT molecular complexity index is 956. The molecule has 0 aliphatic carbocycles. The predicted molar refractivity (Wildman–Crippen MR) is 158 cm³/mol. The summed E-state index contributed by atoms with van der Waals surface area (Å²) in [5.74, 6) is 0. The van der Waals surface area contributed by atoms with Crippen molar-refractivity contribution in [1.29, 1.82) is 0 Å². The first-order valence-corrected chi connectivity index (χ1v) is 19.0. The summed E-state index contributed by atoms with van der Waals surface area (Å²) in [5.41, 5.74) is 0. The average Bonchev–Trinajstić information content (AvgIpc) is 2.91. The van der Waals surface area contributed by atoms with Gasteiger partial charge in [-0.05, 0) is 0 Å². The zero-order valence-electron chi connectivity index (χ0n) is 19.8. The monoisotopic (exact) mass is 582 g/mol. The molecule has 0 aliphatic rings. The third kappa shape index (κ3) is 8.42. The van der Waals surface area contributed by atoms with Crippen molar-refractivity contribution >= 4 is 57.4 Å². The van der Waals surface area contributed by atoms with E-state index in [1.807, 2.05) is 0 Å². The molecule has 35 heavy (non-hydrogen) atoms. The van der Waals surface area contributed by atoms with E-state index in [4.69, 9.17) is 20.4 Å². The quantitative estimate of drug-likeness (QED) is 0.116. The number of halogens is 2. The predicted octanol–water partition coefficient (Wildman–Crippen LogP) is 8.33. The van der Waals surface area contributed by atoms with Crippen molar-refractivity contribution in [3.05, 3.63) is 121 Å². The van der Waals surface area contributed by atoms with E-state index in [0.29, 0.717) is 0 Å². The second-order valence-corrected chi connectivity index (χ2v) is 19.8. The van der Waals surface area contributed by atoms with Gasteiger partial charge in [0, 0.05) is 0 Å². The van der Waals surface area contributed by atoms with Crippen LogP contribution in [-0.4, -0.2) is 12.3 Å². The molecule has 0 unspecified atom stereocenters. The van der Waals surface area contributed by atoms with Gasteiger partial charge in [0.15, 0.2) is 0 Å². The molecule has 0 aromatic heterocycles. The second-order valence-electron chi connectivity index (χ2n) is 8.21. The van der Waals surface area contributed by atoms with Gasteiger partial charge in [0.25, 0.3) is 0 Å². The molecule has 0 N–H and O–H groups in total. The van der Waals surface area contributed by atoms with Crippen LogP contribution in [0.4, 0.5) is 0 Å². The van der Waals surface area contributed by atoms with Crippen LogP contribution in [0.25, 0.3) is 0 Å². The second kappa shape index (κ2) is 13.9. The maximum absolute atomic E-state index is 6.96. The molecule has 0 saturated heterocycles. The van der Waals surface area contributed by atoms with Crippen molar-refractivity contribution in [2.75, 3.05) is 12.3 Å². The van der Waals surface area contributed by atoms with Gasteiger partial charge < -0.3 is 0 Å². The van der Waals surface area contributed by atoms with Gasteiger partial charge in [-0.1, -0.05) is 0 Å². The van der Waals surface area contributed by atoms with E-state index in [1.54, 1.807) is 0 Å². The minimum atomic E-state index is -1.76. The fourth-order valence-corrected chi connectivity index (χ4v) is 12.3. The van der Waals surface area contributed by atoms with Crippen molar-refractivity contribution < 1.29 is 10.6 Å². The van der Waals surface area contributed by atoms with Crippen LogP contribution < -0.4 is 21.2 Å². The van der Waals surface area contributed by atoms with Crippen LogP contribution in [0.2, 0.25) is 10.8 Å².